The number of ether oxygens (including phenoxy) is 1. The van der Waals surface area contributed by atoms with Gasteiger partial charge in [-0.15, -0.1) is 13.2 Å². The molecule has 0 spiro atoms. The minimum absolute atomic E-state index is 0.178. The van der Waals surface area contributed by atoms with Crippen LogP contribution in [0.15, 0.2) is 74.4 Å². The van der Waals surface area contributed by atoms with Gasteiger partial charge in [0.2, 0.25) is 0 Å². The Morgan fingerprint density at radius 1 is 0.821 bits per heavy atom. The lowest BCUT2D eigenvalue weighted by Gasteiger charge is -2.25. The lowest BCUT2D eigenvalue weighted by atomic mass is 9.96. The smallest absolute Gasteiger partial charge is 0.406 e. The summed E-state index contributed by atoms with van der Waals surface area (Å²) in [5, 5.41) is 0. The first kappa shape index (κ1) is 20.8. The fraction of sp³-hybridized carbons (Fsp3) is 0.391. The van der Waals surface area contributed by atoms with Crippen LogP contribution in [-0.4, -0.2) is 6.36 Å². The molecule has 0 fully saturated rings. The van der Waals surface area contributed by atoms with Crippen LogP contribution < -0.4 is 4.74 Å². The maximum atomic E-state index is 12.5. The van der Waals surface area contributed by atoms with E-state index in [9.17, 15) is 13.2 Å². The molecule has 2 aliphatic rings. The molecular weight excluding hydrogens is 381 g/mol. The highest BCUT2D eigenvalue weighted by Crippen LogP contribution is 2.43. The number of hydrogen-bond donors (Lipinski definition) is 0. The first-order valence-electron chi connectivity index (χ1n) is 9.49. The van der Waals surface area contributed by atoms with Crippen molar-refractivity contribution in [3.05, 3.63) is 69.5 Å². The lowest BCUT2D eigenvalue weighted by molar-refractivity contribution is -0.274. The zero-order valence-electron chi connectivity index (χ0n) is 16.6. The Morgan fingerprint density at radius 2 is 1.29 bits per heavy atom. The normalized spacial score (nSPS) is 24.0. The van der Waals surface area contributed by atoms with Crippen molar-refractivity contribution in [2.24, 2.45) is 11.8 Å². The van der Waals surface area contributed by atoms with Crippen molar-refractivity contribution >= 4 is 10.9 Å². The van der Waals surface area contributed by atoms with E-state index >= 15 is 0 Å². The van der Waals surface area contributed by atoms with Crippen LogP contribution in [0, 0.1) is 11.8 Å². The molecule has 0 N–H and O–H groups in total. The molecule has 0 heterocycles. The van der Waals surface area contributed by atoms with Crippen molar-refractivity contribution in [2.45, 2.75) is 51.8 Å². The minimum atomic E-state index is -4.67. The highest BCUT2D eigenvalue weighted by Gasteiger charge is 2.40. The van der Waals surface area contributed by atoms with Crippen LogP contribution in [0.25, 0.3) is 0 Å². The molecule has 150 valence electrons. The van der Waals surface area contributed by atoms with Gasteiger partial charge in [-0.05, 0) is 63.1 Å². The van der Waals surface area contributed by atoms with Crippen LogP contribution in [0.2, 0.25) is 0 Å². The van der Waals surface area contributed by atoms with Gasteiger partial charge in [-0.1, -0.05) is 37.1 Å². The van der Waals surface area contributed by atoms with E-state index in [0.29, 0.717) is 11.8 Å². The molecule has 2 atom stereocenters. The quantitative estimate of drug-likeness (QED) is 0.476. The average molecular weight is 408 g/mol. The summed E-state index contributed by atoms with van der Waals surface area (Å²) in [5.41, 5.74) is 2.71. The van der Waals surface area contributed by atoms with E-state index in [4.69, 9.17) is 0 Å². The Balaban J connectivity index is 2.02. The summed E-state index contributed by atoms with van der Waals surface area (Å²) in [6.07, 6.45) is 6.13. The van der Waals surface area contributed by atoms with E-state index in [0.717, 1.165) is 17.7 Å². The summed E-state index contributed by atoms with van der Waals surface area (Å²) >= 11 is 0. The highest BCUT2D eigenvalue weighted by atomic mass is 32.2. The summed E-state index contributed by atoms with van der Waals surface area (Å²) in [6, 6.07) is 6.41. The van der Waals surface area contributed by atoms with E-state index in [1.54, 1.807) is 12.1 Å². The van der Waals surface area contributed by atoms with E-state index in [1.807, 2.05) is 0 Å². The SMILES string of the molecule is CC1=CC=C([S+](C2=CC=C(C)CC2C)c2ccc(OC(F)(F)F)cc2)C(C)C1. The Morgan fingerprint density at radius 3 is 1.68 bits per heavy atom. The van der Waals surface area contributed by atoms with Gasteiger partial charge in [-0.3, -0.25) is 0 Å². The van der Waals surface area contributed by atoms with Crippen molar-refractivity contribution in [3.8, 4) is 5.75 Å². The zero-order valence-corrected chi connectivity index (χ0v) is 17.5. The fourth-order valence-corrected chi connectivity index (χ4v) is 6.41. The molecule has 2 aliphatic carbocycles. The molecule has 1 aromatic carbocycles. The van der Waals surface area contributed by atoms with Gasteiger partial charge >= 0.3 is 6.36 Å². The Kier molecular flexibility index (Phi) is 6.13. The van der Waals surface area contributed by atoms with E-state index in [2.05, 4.69) is 56.7 Å². The van der Waals surface area contributed by atoms with Gasteiger partial charge in [0, 0.05) is 11.8 Å². The Bertz CT molecular complexity index is 802. The number of rotatable bonds is 4. The minimum Gasteiger partial charge on any atom is -0.406 e. The van der Waals surface area contributed by atoms with Crippen LogP contribution in [-0.2, 0) is 10.9 Å². The lowest BCUT2D eigenvalue weighted by Crippen LogP contribution is -2.22. The summed E-state index contributed by atoms with van der Waals surface area (Å²) in [6.45, 7) is 8.75. The second-order valence-corrected chi connectivity index (χ2v) is 9.73. The largest absolute Gasteiger partial charge is 0.573 e. The first-order chi connectivity index (χ1) is 13.1. The number of benzene rings is 1. The molecule has 0 aromatic heterocycles. The number of halogens is 3. The van der Waals surface area contributed by atoms with Crippen LogP contribution >= 0.6 is 0 Å². The van der Waals surface area contributed by atoms with Gasteiger partial charge in [0.05, 0.1) is 10.9 Å². The topological polar surface area (TPSA) is 9.23 Å². The fourth-order valence-electron chi connectivity index (χ4n) is 3.80. The Hall–Kier alpha value is -1.88. The monoisotopic (exact) mass is 407 g/mol. The van der Waals surface area contributed by atoms with Gasteiger partial charge in [0.15, 0.2) is 4.90 Å². The van der Waals surface area contributed by atoms with Crippen molar-refractivity contribution in [1.82, 2.24) is 0 Å². The predicted octanol–water partition coefficient (Wildman–Crippen LogP) is 7.30. The molecule has 1 aromatic rings. The molecule has 0 saturated carbocycles. The molecule has 2 unspecified atom stereocenters. The summed E-state index contributed by atoms with van der Waals surface area (Å²) in [7, 11) is -0.286. The molecule has 0 saturated heterocycles. The number of hydrogen-bond acceptors (Lipinski definition) is 1. The van der Waals surface area contributed by atoms with Gasteiger partial charge in [-0.2, -0.15) is 0 Å². The van der Waals surface area contributed by atoms with Gasteiger partial charge in [0.1, 0.15) is 15.6 Å². The van der Waals surface area contributed by atoms with E-state index in [-0.39, 0.29) is 16.6 Å². The Labute approximate surface area is 168 Å². The number of alkyl halides is 3. The molecule has 1 nitrogen and oxygen atoms in total. The van der Waals surface area contributed by atoms with Gasteiger partial charge in [0.25, 0.3) is 0 Å². The molecule has 3 rings (SSSR count). The van der Waals surface area contributed by atoms with E-state index in [1.165, 1.54) is 33.1 Å². The van der Waals surface area contributed by atoms with Crippen molar-refractivity contribution in [1.29, 1.82) is 0 Å². The van der Waals surface area contributed by atoms with Crippen LogP contribution in [0.1, 0.15) is 40.5 Å². The molecule has 0 aliphatic heterocycles. The second-order valence-electron chi connectivity index (χ2n) is 7.70. The standard InChI is InChI=1S/C23H26F3OS/c1-15-5-11-21(17(3)13-15)28(22-12-6-16(2)14-18(22)4)20-9-7-19(8-10-20)27-23(24,25)26/h5-12,17-18H,13-14H2,1-4H3/q+1. The summed E-state index contributed by atoms with van der Waals surface area (Å²) in [4.78, 5) is 3.73. The average Bonchev–Trinajstić information content (AvgIpc) is 2.58. The highest BCUT2D eigenvalue weighted by molar-refractivity contribution is 8.04. The van der Waals surface area contributed by atoms with Crippen molar-refractivity contribution in [2.75, 3.05) is 0 Å². The first-order valence-corrected chi connectivity index (χ1v) is 10.7. The van der Waals surface area contributed by atoms with Gasteiger partial charge < -0.3 is 4.74 Å². The molecule has 0 amide bonds. The predicted molar refractivity (Wildman–Crippen MR) is 110 cm³/mol. The molecule has 0 radical (unpaired) electrons. The third-order valence-electron chi connectivity index (χ3n) is 5.06. The van der Waals surface area contributed by atoms with Crippen LogP contribution in [0.4, 0.5) is 13.2 Å². The van der Waals surface area contributed by atoms with Crippen LogP contribution in [0.3, 0.4) is 0 Å². The third-order valence-corrected chi connectivity index (χ3v) is 7.82. The summed E-state index contributed by atoms with van der Waals surface area (Å²) in [5.74, 6) is 0.627. The number of allylic oxidation sites excluding steroid dienone is 8. The maximum absolute atomic E-state index is 12.5. The second kappa shape index (κ2) is 8.24. The van der Waals surface area contributed by atoms with Crippen molar-refractivity contribution < 1.29 is 17.9 Å². The maximum Gasteiger partial charge on any atom is 0.573 e. The molecule has 5 heteroatoms. The molecule has 28 heavy (non-hydrogen) atoms. The zero-order chi connectivity index (χ0) is 20.5. The third kappa shape index (κ3) is 4.93. The molecule has 0 bridgehead atoms. The molecular formula is C23H26F3OS+. The van der Waals surface area contributed by atoms with E-state index < -0.39 is 6.36 Å². The summed E-state index contributed by atoms with van der Waals surface area (Å²) < 4.78 is 41.6. The van der Waals surface area contributed by atoms with Gasteiger partial charge in [-0.25, -0.2) is 0 Å². The van der Waals surface area contributed by atoms with Crippen molar-refractivity contribution in [3.63, 3.8) is 0 Å². The van der Waals surface area contributed by atoms with Crippen LogP contribution in [0.5, 0.6) is 5.75 Å².